The van der Waals surface area contributed by atoms with Gasteiger partial charge in [-0.15, -0.1) is 11.8 Å². The first kappa shape index (κ1) is 16.1. The van der Waals surface area contributed by atoms with E-state index in [-0.39, 0.29) is 18.3 Å². The van der Waals surface area contributed by atoms with Gasteiger partial charge < -0.3 is 15.8 Å². The third kappa shape index (κ3) is 3.78. The summed E-state index contributed by atoms with van der Waals surface area (Å²) in [5.41, 5.74) is 7.25. The molecule has 1 aliphatic heterocycles. The third-order valence-electron chi connectivity index (χ3n) is 3.43. The van der Waals surface area contributed by atoms with Crippen LogP contribution in [0, 0.1) is 0 Å². The number of thioether (sulfide) groups is 1. The Balaban J connectivity index is 1.76. The highest BCUT2D eigenvalue weighted by Crippen LogP contribution is 2.29. The van der Waals surface area contributed by atoms with Gasteiger partial charge in [-0.1, -0.05) is 30.3 Å². The van der Waals surface area contributed by atoms with Gasteiger partial charge in [-0.2, -0.15) is 0 Å². The van der Waals surface area contributed by atoms with Crippen LogP contribution >= 0.6 is 11.8 Å². The molecule has 0 spiro atoms. The van der Waals surface area contributed by atoms with Gasteiger partial charge in [0.1, 0.15) is 12.4 Å². The number of para-hydroxylation sites is 2. The fourth-order valence-electron chi connectivity index (χ4n) is 2.29. The highest BCUT2D eigenvalue weighted by molar-refractivity contribution is 8.00. The Morgan fingerprint density at radius 3 is 2.71 bits per heavy atom. The molecule has 0 aliphatic carbocycles. The fourth-order valence-corrected chi connectivity index (χ4v) is 3.04. The van der Waals surface area contributed by atoms with Crippen LogP contribution in [-0.2, 0) is 9.59 Å². The number of carbonyl (C=O) groups is 2. The monoisotopic (exact) mass is 340 g/mol. The van der Waals surface area contributed by atoms with E-state index < -0.39 is 5.91 Å². The van der Waals surface area contributed by atoms with Crippen LogP contribution in [0.5, 0.6) is 5.75 Å². The number of carbonyl (C=O) groups excluding carboxylic acids is 2. The lowest BCUT2D eigenvalue weighted by molar-refractivity contribution is -0.115. The first-order valence-electron chi connectivity index (χ1n) is 7.37. The van der Waals surface area contributed by atoms with E-state index in [9.17, 15) is 9.59 Å². The van der Waals surface area contributed by atoms with E-state index in [1.165, 1.54) is 11.8 Å². The molecule has 0 unspecified atom stereocenters. The number of benzene rings is 2. The van der Waals surface area contributed by atoms with E-state index in [0.29, 0.717) is 11.3 Å². The maximum absolute atomic E-state index is 12.5. The molecule has 122 valence electrons. The average Bonchev–Trinajstić information content (AvgIpc) is 2.60. The van der Waals surface area contributed by atoms with E-state index in [2.05, 4.69) is 5.32 Å². The highest BCUT2D eigenvalue weighted by Gasteiger charge is 2.18. The summed E-state index contributed by atoms with van der Waals surface area (Å²) in [6.45, 7) is 0.222. The number of rotatable bonds is 5. The number of nitrogens with one attached hydrogen (secondary N) is 1. The lowest BCUT2D eigenvalue weighted by atomic mass is 10.1. The molecule has 3 N–H and O–H groups in total. The zero-order valence-corrected chi connectivity index (χ0v) is 13.6. The van der Waals surface area contributed by atoms with Crippen molar-refractivity contribution in [2.75, 3.05) is 17.7 Å². The quantitative estimate of drug-likeness (QED) is 0.820. The van der Waals surface area contributed by atoms with Crippen molar-refractivity contribution < 1.29 is 14.3 Å². The second kappa shape index (κ2) is 7.23. The molecule has 0 saturated heterocycles. The fraction of sp³-hybridized carbons (Fsp3) is 0.111. The summed E-state index contributed by atoms with van der Waals surface area (Å²) >= 11 is 1.29. The summed E-state index contributed by atoms with van der Waals surface area (Å²) in [6.07, 6.45) is 1.83. The lowest BCUT2D eigenvalue weighted by Gasteiger charge is -2.18. The molecule has 3 rings (SSSR count). The highest BCUT2D eigenvalue weighted by atomic mass is 32.2. The Morgan fingerprint density at radius 1 is 1.12 bits per heavy atom. The Kier molecular flexibility index (Phi) is 4.86. The standard InChI is InChI=1S/C18H16N2O3S/c19-17(21)11-24-16-8-4-2-6-14(16)20-18(22)13-9-12-5-1-3-7-15(12)23-10-13/h1-9H,10-11H2,(H2,19,21)(H,20,22). The molecule has 0 atom stereocenters. The largest absolute Gasteiger partial charge is 0.488 e. The molecule has 6 heteroatoms. The van der Waals surface area contributed by atoms with Gasteiger partial charge in [-0.05, 0) is 24.3 Å². The zero-order valence-electron chi connectivity index (χ0n) is 12.8. The van der Waals surface area contributed by atoms with Gasteiger partial charge in [0.2, 0.25) is 5.91 Å². The SMILES string of the molecule is NC(=O)CSc1ccccc1NC(=O)C1=Cc2ccccc2OC1. The summed E-state index contributed by atoms with van der Waals surface area (Å²) in [7, 11) is 0. The van der Waals surface area contributed by atoms with Crippen LogP contribution in [-0.4, -0.2) is 24.2 Å². The van der Waals surface area contributed by atoms with Gasteiger partial charge in [-0.3, -0.25) is 9.59 Å². The van der Waals surface area contributed by atoms with E-state index >= 15 is 0 Å². The third-order valence-corrected chi connectivity index (χ3v) is 4.52. The molecule has 0 fully saturated rings. The summed E-state index contributed by atoms with van der Waals surface area (Å²) in [5.74, 6) is 0.302. The molecule has 1 aliphatic rings. The number of amides is 2. The molecule has 0 radical (unpaired) electrons. The number of hydrogen-bond donors (Lipinski definition) is 2. The Hall–Kier alpha value is -2.73. The Bertz CT molecular complexity index is 817. The van der Waals surface area contributed by atoms with Gasteiger partial charge in [0, 0.05) is 10.5 Å². The first-order valence-corrected chi connectivity index (χ1v) is 8.36. The van der Waals surface area contributed by atoms with Crippen molar-refractivity contribution in [3.8, 4) is 5.75 Å². The number of fused-ring (bicyclic) bond motifs is 1. The molecule has 1 heterocycles. The number of primary amides is 1. The van der Waals surface area contributed by atoms with Crippen LogP contribution in [0.2, 0.25) is 0 Å². The molecule has 0 aromatic heterocycles. The van der Waals surface area contributed by atoms with E-state index in [1.807, 2.05) is 48.5 Å². The Labute approximate surface area is 143 Å². The Morgan fingerprint density at radius 2 is 1.88 bits per heavy atom. The maximum Gasteiger partial charge on any atom is 0.255 e. The minimum atomic E-state index is -0.402. The van der Waals surface area contributed by atoms with Crippen LogP contribution in [0.25, 0.3) is 6.08 Å². The number of nitrogens with two attached hydrogens (primary N) is 1. The first-order chi connectivity index (χ1) is 11.6. The number of anilines is 1. The molecular formula is C18H16N2O3S. The molecule has 2 aromatic rings. The molecule has 2 amide bonds. The van der Waals surface area contributed by atoms with Crippen LogP contribution in [0.3, 0.4) is 0 Å². The topological polar surface area (TPSA) is 81.4 Å². The van der Waals surface area contributed by atoms with E-state index in [0.717, 1.165) is 16.2 Å². The lowest BCUT2D eigenvalue weighted by Crippen LogP contribution is -2.21. The maximum atomic E-state index is 12.5. The van der Waals surface area contributed by atoms with Crippen molar-refractivity contribution >= 4 is 35.3 Å². The smallest absolute Gasteiger partial charge is 0.255 e. The van der Waals surface area contributed by atoms with Crippen molar-refractivity contribution in [1.29, 1.82) is 0 Å². The van der Waals surface area contributed by atoms with E-state index in [1.54, 1.807) is 6.07 Å². The van der Waals surface area contributed by atoms with Crippen molar-refractivity contribution in [2.45, 2.75) is 4.90 Å². The minimum absolute atomic E-state index is 0.159. The van der Waals surface area contributed by atoms with Crippen LogP contribution in [0.15, 0.2) is 59.0 Å². The van der Waals surface area contributed by atoms with Gasteiger partial charge >= 0.3 is 0 Å². The van der Waals surface area contributed by atoms with Crippen molar-refractivity contribution in [3.05, 3.63) is 59.7 Å². The number of ether oxygens (including phenoxy) is 1. The zero-order chi connectivity index (χ0) is 16.9. The predicted octanol–water partition coefficient (Wildman–Crippen LogP) is 2.68. The average molecular weight is 340 g/mol. The molecule has 0 bridgehead atoms. The van der Waals surface area contributed by atoms with Crippen LogP contribution in [0.1, 0.15) is 5.56 Å². The summed E-state index contributed by atoms with van der Waals surface area (Å²) in [6, 6.07) is 14.9. The number of hydrogen-bond acceptors (Lipinski definition) is 4. The molecule has 5 nitrogen and oxygen atoms in total. The van der Waals surface area contributed by atoms with Gasteiger partial charge in [0.05, 0.1) is 17.0 Å². The van der Waals surface area contributed by atoms with Gasteiger partial charge in [-0.25, -0.2) is 0 Å². The normalized spacial score (nSPS) is 12.6. The summed E-state index contributed by atoms with van der Waals surface area (Å²) in [5, 5.41) is 2.87. The molecule has 2 aromatic carbocycles. The van der Waals surface area contributed by atoms with Crippen molar-refractivity contribution in [1.82, 2.24) is 0 Å². The summed E-state index contributed by atoms with van der Waals surface area (Å²) in [4.78, 5) is 24.3. The van der Waals surface area contributed by atoms with Gasteiger partial charge in [0.15, 0.2) is 0 Å². The van der Waals surface area contributed by atoms with Crippen LogP contribution in [0.4, 0.5) is 5.69 Å². The second-order valence-electron chi connectivity index (χ2n) is 5.20. The van der Waals surface area contributed by atoms with E-state index in [4.69, 9.17) is 10.5 Å². The molecular weight excluding hydrogens is 324 g/mol. The second-order valence-corrected chi connectivity index (χ2v) is 6.22. The molecule has 0 saturated carbocycles. The predicted molar refractivity (Wildman–Crippen MR) is 94.9 cm³/mol. The van der Waals surface area contributed by atoms with Crippen molar-refractivity contribution in [2.24, 2.45) is 5.73 Å². The van der Waals surface area contributed by atoms with Gasteiger partial charge in [0.25, 0.3) is 5.91 Å². The molecule has 24 heavy (non-hydrogen) atoms. The van der Waals surface area contributed by atoms with Crippen molar-refractivity contribution in [3.63, 3.8) is 0 Å². The van der Waals surface area contributed by atoms with Crippen LogP contribution < -0.4 is 15.8 Å². The minimum Gasteiger partial charge on any atom is -0.488 e. The summed E-state index contributed by atoms with van der Waals surface area (Å²) < 4.78 is 5.61.